The Morgan fingerprint density at radius 1 is 0.549 bits per heavy atom. The van der Waals surface area contributed by atoms with Crippen molar-refractivity contribution in [2.45, 2.75) is 94.2 Å². The van der Waals surface area contributed by atoms with Gasteiger partial charge in [0.05, 0.1) is 20.1 Å². The number of benzene rings is 6. The van der Waals surface area contributed by atoms with E-state index in [2.05, 4.69) is 31.9 Å². The van der Waals surface area contributed by atoms with E-state index in [0.717, 1.165) is 10.9 Å². The molecule has 7 atom stereocenters. The summed E-state index contributed by atoms with van der Waals surface area (Å²) >= 11 is 0. The molecule has 430 valence electrons. The number of rotatable bonds is 20. The molecule has 19 heteroatoms. The smallest absolute Gasteiger partial charge is 0.246 e. The molecular weight excluding hydrogens is 1040 g/mol. The van der Waals surface area contributed by atoms with E-state index in [0.29, 0.717) is 70.9 Å². The van der Waals surface area contributed by atoms with Crippen molar-refractivity contribution in [3.63, 3.8) is 0 Å². The van der Waals surface area contributed by atoms with Crippen LogP contribution in [0.4, 0.5) is 0 Å². The Labute approximate surface area is 477 Å². The lowest BCUT2D eigenvalue weighted by molar-refractivity contribution is -0.145. The van der Waals surface area contributed by atoms with E-state index in [1.807, 2.05) is 60.7 Å². The summed E-state index contributed by atoms with van der Waals surface area (Å²) in [7, 11) is 3.01. The van der Waals surface area contributed by atoms with Crippen molar-refractivity contribution >= 4 is 52.1 Å². The number of ether oxygens (including phenoxy) is 3. The van der Waals surface area contributed by atoms with Crippen LogP contribution in [0.2, 0.25) is 0 Å². The van der Waals surface area contributed by atoms with E-state index in [4.69, 9.17) is 25.7 Å². The highest BCUT2D eigenvalue weighted by Gasteiger charge is 2.48. The molecule has 10 N–H and O–H groups in total. The third-order valence-corrected chi connectivity index (χ3v) is 14.9. The van der Waals surface area contributed by atoms with E-state index in [1.165, 1.54) is 19.1 Å². The first-order valence-electron chi connectivity index (χ1n) is 27.8. The average molecular weight is 1120 g/mol. The summed E-state index contributed by atoms with van der Waals surface area (Å²) in [6.07, 6.45) is 0.636. The zero-order chi connectivity index (χ0) is 58.0. The number of hydrogen-bond acceptors (Lipinski definition) is 12. The summed E-state index contributed by atoms with van der Waals surface area (Å²) in [6.45, 7) is 0.731. The Morgan fingerprint density at radius 2 is 1.05 bits per heavy atom. The van der Waals surface area contributed by atoms with Crippen LogP contribution in [0.5, 0.6) is 17.2 Å². The first-order chi connectivity index (χ1) is 39.9. The monoisotopic (exact) mass is 1120 g/mol. The maximum atomic E-state index is 15.4. The molecule has 82 heavy (non-hydrogen) atoms. The van der Waals surface area contributed by atoms with Gasteiger partial charge in [-0.2, -0.15) is 0 Å². The fraction of sp³-hybridized carbons (Fsp3) is 0.349. The molecule has 2 aliphatic rings. The van der Waals surface area contributed by atoms with Gasteiger partial charge in [0.15, 0.2) is 0 Å². The molecule has 2 fully saturated rings. The number of hydrogen-bond donors (Lipinski definition) is 8. The number of nitrogens with two attached hydrogens (primary N) is 2. The van der Waals surface area contributed by atoms with Crippen LogP contribution in [0.3, 0.4) is 0 Å². The maximum absolute atomic E-state index is 15.4. The molecule has 2 aliphatic heterocycles. The Kier molecular flexibility index (Phi) is 21.0. The highest BCUT2D eigenvalue weighted by atomic mass is 16.5. The zero-order valence-corrected chi connectivity index (χ0v) is 46.3. The van der Waals surface area contributed by atoms with E-state index < -0.39 is 83.5 Å². The lowest BCUT2D eigenvalue weighted by Crippen LogP contribution is -2.63. The van der Waals surface area contributed by atoms with Gasteiger partial charge >= 0.3 is 0 Å². The highest BCUT2D eigenvalue weighted by molar-refractivity contribution is 6.01. The lowest BCUT2D eigenvalue weighted by Gasteiger charge is -2.33. The molecule has 0 radical (unpaired) electrons. The van der Waals surface area contributed by atoms with Crippen LogP contribution in [-0.2, 0) is 65.9 Å². The first-order valence-corrected chi connectivity index (χ1v) is 27.8. The molecule has 6 aromatic rings. The molecule has 1 unspecified atom stereocenters. The predicted molar refractivity (Wildman–Crippen MR) is 310 cm³/mol. The molecule has 6 aromatic carbocycles. The molecular formula is C63H73N9O10. The van der Waals surface area contributed by atoms with Crippen LogP contribution in [0, 0.1) is 5.92 Å². The van der Waals surface area contributed by atoms with Crippen molar-refractivity contribution in [2.24, 2.45) is 17.4 Å². The molecule has 0 aromatic heterocycles. The summed E-state index contributed by atoms with van der Waals surface area (Å²) < 4.78 is 17.9. The minimum absolute atomic E-state index is 0.0412. The summed E-state index contributed by atoms with van der Waals surface area (Å²) in [6, 6.07) is 35.5. The number of carbonyl (C=O) groups excluding carboxylic acids is 7. The van der Waals surface area contributed by atoms with Gasteiger partial charge in [0.25, 0.3) is 0 Å². The molecule has 2 heterocycles. The largest absolute Gasteiger partial charge is 0.496 e. The van der Waals surface area contributed by atoms with E-state index in [9.17, 15) is 4.79 Å². The number of nitrogens with one attached hydrogen (secondary N) is 6. The fourth-order valence-electron chi connectivity index (χ4n) is 10.7. The summed E-state index contributed by atoms with van der Waals surface area (Å²) in [5.74, 6) is -4.68. The second-order valence-electron chi connectivity index (χ2n) is 20.6. The quantitative estimate of drug-likeness (QED) is 0.0510. The number of methoxy groups -OCH3 is 2. The number of amides is 7. The molecule has 0 bridgehead atoms. The van der Waals surface area contributed by atoms with Gasteiger partial charge in [-0.1, -0.05) is 127 Å². The summed E-state index contributed by atoms with van der Waals surface area (Å²) in [5, 5.41) is 18.8. The maximum Gasteiger partial charge on any atom is 0.246 e. The molecule has 0 saturated carbocycles. The molecule has 2 saturated heterocycles. The summed E-state index contributed by atoms with van der Waals surface area (Å²) in [4.78, 5) is 107. The summed E-state index contributed by atoms with van der Waals surface area (Å²) in [5.41, 5.74) is 15.1. The Bertz CT molecular complexity index is 3150. The van der Waals surface area contributed by atoms with Crippen molar-refractivity contribution in [1.29, 1.82) is 0 Å². The normalized spacial score (nSPS) is 20.9. The second-order valence-corrected chi connectivity index (χ2v) is 20.6. The number of nitrogens with zero attached hydrogens (tertiary/aromatic N) is 1. The van der Waals surface area contributed by atoms with Crippen molar-refractivity contribution < 1.29 is 47.8 Å². The number of fused-ring (bicyclic) bond motifs is 2. The van der Waals surface area contributed by atoms with Gasteiger partial charge in [-0.05, 0) is 72.7 Å². The zero-order valence-electron chi connectivity index (χ0n) is 46.3. The van der Waals surface area contributed by atoms with Crippen molar-refractivity contribution in [3.05, 3.63) is 173 Å². The minimum Gasteiger partial charge on any atom is -0.496 e. The molecule has 7 amide bonds. The number of unbranched alkanes of at least 4 members (excludes halogenated alkanes) is 1. The predicted octanol–water partition coefficient (Wildman–Crippen LogP) is 3.57. The topological polar surface area (TPSA) is 275 Å². The standard InChI is InChI=1S/C63H73N9O10/c1-80-54-38-44(56(81-2)47-23-13-12-22-46(47)54)37-52-61(77)67-49(24-14-15-30-64)58(74)68-50(35-42-25-27-45(28-26-42)82-39-43-20-10-5-11-21-43)60(76)71-53(36-41-18-8-4-9-19-41)63(79)72-33-29-48(57(73)66-32-31-65)55(72)62(78)70-51(59(75)69-52)34-40-16-6-3-7-17-40/h3-13,16-23,25-28,38,48-53,55H,14-15,24,29-37,39,64-65H2,1-2H3,(H,66,73)(H,67,77)(H,68,74)(H,69,75)(H,70,78)(H,71,76)/t48?,49-,50-,51-,52-,53-,55-/m0/s1. The van der Waals surface area contributed by atoms with Crippen LogP contribution >= 0.6 is 0 Å². The van der Waals surface area contributed by atoms with Crippen molar-refractivity contribution in [1.82, 2.24) is 36.8 Å². The van der Waals surface area contributed by atoms with Crippen LogP contribution < -0.4 is 57.6 Å². The van der Waals surface area contributed by atoms with E-state index in [-0.39, 0.29) is 58.2 Å². The van der Waals surface area contributed by atoms with Crippen molar-refractivity contribution in [3.8, 4) is 17.2 Å². The third kappa shape index (κ3) is 15.3. The minimum atomic E-state index is -1.48. The van der Waals surface area contributed by atoms with Gasteiger partial charge in [0.1, 0.15) is 60.1 Å². The molecule has 0 spiro atoms. The average Bonchev–Trinajstić information content (AvgIpc) is 3.94. The Morgan fingerprint density at radius 3 is 1.62 bits per heavy atom. The number of carbonyl (C=O) groups is 7. The third-order valence-electron chi connectivity index (χ3n) is 14.9. The van der Waals surface area contributed by atoms with Gasteiger partial charge in [-0.25, -0.2) is 0 Å². The SMILES string of the molecule is COc1cc(C[C@@H]2NC(=O)[C@H](Cc3ccccc3)NC(=O)[C@@H]3C(C(=O)NCCN)CCN3C(=O)[C@H](Cc3ccccc3)NC(=O)[C@H](Cc3ccc(OCc4ccccc4)cc3)NC(=O)[C@H](CCCCN)NC2=O)c(OC)c2ccccc12. The van der Waals surface area contributed by atoms with E-state index in [1.54, 1.807) is 84.9 Å². The van der Waals surface area contributed by atoms with Gasteiger partial charge in [-0.3, -0.25) is 33.6 Å². The van der Waals surface area contributed by atoms with Gasteiger partial charge in [0, 0.05) is 61.7 Å². The van der Waals surface area contributed by atoms with Crippen LogP contribution in [-0.4, -0.2) is 123 Å². The highest BCUT2D eigenvalue weighted by Crippen LogP contribution is 2.37. The van der Waals surface area contributed by atoms with Crippen LogP contribution in [0.15, 0.2) is 146 Å². The van der Waals surface area contributed by atoms with E-state index >= 15 is 28.8 Å². The van der Waals surface area contributed by atoms with Crippen LogP contribution in [0.1, 0.15) is 53.5 Å². The van der Waals surface area contributed by atoms with Crippen LogP contribution in [0.25, 0.3) is 10.8 Å². The fourth-order valence-corrected chi connectivity index (χ4v) is 10.7. The second kappa shape index (κ2) is 29.1. The molecule has 0 aliphatic carbocycles. The lowest BCUT2D eigenvalue weighted by atomic mass is 9.96. The Balaban J connectivity index is 1.23. The Hall–Kier alpha value is -8.81. The molecule has 19 nitrogen and oxygen atoms in total. The van der Waals surface area contributed by atoms with Gasteiger partial charge in [0.2, 0.25) is 41.4 Å². The molecule has 8 rings (SSSR count). The first kappa shape index (κ1) is 59.3. The van der Waals surface area contributed by atoms with Gasteiger partial charge < -0.3 is 62.5 Å². The van der Waals surface area contributed by atoms with Gasteiger partial charge in [-0.15, -0.1) is 0 Å². The van der Waals surface area contributed by atoms with Crippen molar-refractivity contribution in [2.75, 3.05) is 40.4 Å².